The van der Waals surface area contributed by atoms with Crippen molar-refractivity contribution in [3.63, 3.8) is 0 Å². The molecule has 224 valence electrons. The average Bonchev–Trinajstić information content (AvgIpc) is 3.69. The number of ether oxygens (including phenoxy) is 2. The van der Waals surface area contributed by atoms with Gasteiger partial charge >= 0.3 is 6.72 Å². The predicted octanol–water partition coefficient (Wildman–Crippen LogP) is 0.411. The maximum atomic E-state index is 15.9. The zero-order valence-electron chi connectivity index (χ0n) is 21.1. The minimum Gasteiger partial charge on any atom is -0.382 e. The molecule has 0 saturated carbocycles. The van der Waals surface area contributed by atoms with Gasteiger partial charge in [-0.3, -0.25) is 23.4 Å². The van der Waals surface area contributed by atoms with E-state index in [1.54, 1.807) is 0 Å². The van der Waals surface area contributed by atoms with Crippen LogP contribution in [-0.2, 0) is 34.9 Å². The highest BCUT2D eigenvalue weighted by Gasteiger charge is 2.52. The van der Waals surface area contributed by atoms with E-state index in [9.17, 15) is 9.69 Å². The first kappa shape index (κ1) is 28.0. The summed E-state index contributed by atoms with van der Waals surface area (Å²) in [6, 6.07) is 0. The quantitative estimate of drug-likeness (QED) is 0.216. The first-order valence-electron chi connectivity index (χ1n) is 12.4. The number of hydrogen-bond donors (Lipinski definition) is 4. The van der Waals surface area contributed by atoms with Gasteiger partial charge in [0.25, 0.3) is 5.56 Å². The smallest absolute Gasteiger partial charge is 0.325 e. The lowest BCUT2D eigenvalue weighted by atomic mass is 10.0. The van der Waals surface area contributed by atoms with E-state index in [1.165, 1.54) is 28.1 Å². The van der Waals surface area contributed by atoms with Gasteiger partial charge in [0.15, 0.2) is 53.7 Å². The van der Waals surface area contributed by atoms with Gasteiger partial charge in [0.2, 0.25) is 5.95 Å². The number of fused-ring (bicyclic) bond motifs is 5. The van der Waals surface area contributed by atoms with Crippen molar-refractivity contribution in [2.75, 3.05) is 24.2 Å². The third-order valence-corrected chi connectivity index (χ3v) is 9.76. The standard InChI is InChI=1S/C20H22F2N10O7P2S/c21-8-6-2-40-38-19-9(22)12(18(37-19)32-5-28-11-15(32)29-20(24)30-16(11)33)39-41(34,42)35-1-7(6)36-17(8)31-4-27-10-13(23)25-3-26-14(10)31/h3-9,12,17-19,40H,1-2H2,(H,34,42)(H2,23,25,26)(H3,24,29,30,33)/t6-,7-,8-,9+,12-,17-,18-,19?,41?/m1/s1. The fourth-order valence-electron chi connectivity index (χ4n) is 5.19. The van der Waals surface area contributed by atoms with Crippen LogP contribution in [0.1, 0.15) is 12.5 Å². The number of halogens is 2. The molecule has 0 spiro atoms. The van der Waals surface area contributed by atoms with Gasteiger partial charge in [-0.1, -0.05) is 0 Å². The number of nitrogens with one attached hydrogen (secondary N) is 1. The molecular formula is C20H22F2N10O7P2S. The number of alkyl halides is 2. The highest BCUT2D eigenvalue weighted by Crippen LogP contribution is 2.53. The van der Waals surface area contributed by atoms with Crippen molar-refractivity contribution in [3.05, 3.63) is 29.3 Å². The first-order valence-corrected chi connectivity index (χ1v) is 16.1. The summed E-state index contributed by atoms with van der Waals surface area (Å²) in [6.07, 6.45) is -6.18. The fraction of sp³-hybridized carbons (Fsp3) is 0.500. The summed E-state index contributed by atoms with van der Waals surface area (Å²) in [5.74, 6) is -0.900. The summed E-state index contributed by atoms with van der Waals surface area (Å²) in [5, 5.41) is 0. The topological polar surface area (TPSA) is 226 Å². The lowest BCUT2D eigenvalue weighted by Crippen LogP contribution is -2.33. The Morgan fingerprint density at radius 1 is 1.07 bits per heavy atom. The number of H-pyrrole nitrogens is 1. The number of aromatic nitrogens is 8. The fourth-order valence-corrected chi connectivity index (χ4v) is 7.72. The highest BCUT2D eigenvalue weighted by atomic mass is 32.5. The molecule has 0 amide bonds. The Labute approximate surface area is 240 Å². The molecule has 17 nitrogen and oxygen atoms in total. The van der Waals surface area contributed by atoms with Crippen LogP contribution in [0.25, 0.3) is 22.3 Å². The third-order valence-electron chi connectivity index (χ3n) is 7.16. The summed E-state index contributed by atoms with van der Waals surface area (Å²) in [7, 11) is -0.433. The second-order valence-electron chi connectivity index (χ2n) is 9.67. The van der Waals surface area contributed by atoms with Gasteiger partial charge in [0.1, 0.15) is 17.9 Å². The van der Waals surface area contributed by atoms with E-state index in [0.29, 0.717) is 0 Å². The molecule has 3 unspecified atom stereocenters. The minimum absolute atomic E-state index is 0.0186. The first-order chi connectivity index (χ1) is 20.1. The molecule has 3 saturated heterocycles. The van der Waals surface area contributed by atoms with Gasteiger partial charge < -0.3 is 34.9 Å². The van der Waals surface area contributed by atoms with Crippen LogP contribution in [-0.4, -0.2) is 87.5 Å². The summed E-state index contributed by atoms with van der Waals surface area (Å²) in [4.78, 5) is 45.8. The molecular weight excluding hydrogens is 624 g/mol. The van der Waals surface area contributed by atoms with E-state index < -0.39 is 70.3 Å². The maximum absolute atomic E-state index is 15.9. The molecule has 3 aliphatic rings. The van der Waals surface area contributed by atoms with Gasteiger partial charge in [-0.15, -0.1) is 0 Å². The Kier molecular flexibility index (Phi) is 6.95. The summed E-state index contributed by atoms with van der Waals surface area (Å²) < 4.78 is 62.9. The van der Waals surface area contributed by atoms with E-state index in [4.69, 9.17) is 46.3 Å². The van der Waals surface area contributed by atoms with Crippen LogP contribution < -0.4 is 17.0 Å². The highest BCUT2D eigenvalue weighted by molar-refractivity contribution is 8.07. The van der Waals surface area contributed by atoms with Gasteiger partial charge in [-0.25, -0.2) is 28.7 Å². The second-order valence-corrected chi connectivity index (χ2v) is 13.4. The Morgan fingerprint density at radius 3 is 2.64 bits per heavy atom. The second kappa shape index (κ2) is 10.4. The molecule has 10 atom stereocenters. The van der Waals surface area contributed by atoms with Gasteiger partial charge in [-0.2, -0.15) is 4.98 Å². The van der Waals surface area contributed by atoms with Crippen molar-refractivity contribution in [2.24, 2.45) is 5.92 Å². The normalized spacial score (nSPS) is 36.3. The molecule has 4 aromatic heterocycles. The number of nitrogens with two attached hydrogens (primary N) is 2. The maximum Gasteiger partial charge on any atom is 0.325 e. The lowest BCUT2D eigenvalue weighted by Gasteiger charge is -2.27. The summed E-state index contributed by atoms with van der Waals surface area (Å²) in [5.41, 5.74) is 11.4. The number of anilines is 2. The number of nitrogens with zero attached hydrogens (tertiary/aromatic N) is 7. The van der Waals surface area contributed by atoms with Crippen LogP contribution in [0.2, 0.25) is 0 Å². The molecule has 3 fully saturated rings. The molecule has 2 bridgehead atoms. The molecule has 7 heterocycles. The molecule has 3 aliphatic heterocycles. The molecule has 0 radical (unpaired) electrons. The average molecular weight is 646 g/mol. The van der Waals surface area contributed by atoms with Crippen LogP contribution in [0.5, 0.6) is 0 Å². The number of nitrogen functional groups attached to an aromatic ring is 2. The Bertz CT molecular complexity index is 1780. The number of rotatable bonds is 2. The number of hydrogen-bond acceptors (Lipinski definition) is 14. The van der Waals surface area contributed by atoms with E-state index in [1.807, 2.05) is 0 Å². The van der Waals surface area contributed by atoms with Crippen LogP contribution in [0, 0.1) is 5.92 Å². The van der Waals surface area contributed by atoms with Crippen molar-refractivity contribution < 1.29 is 36.7 Å². The van der Waals surface area contributed by atoms with E-state index in [-0.39, 0.29) is 46.9 Å². The van der Waals surface area contributed by atoms with Crippen LogP contribution in [0.3, 0.4) is 0 Å². The van der Waals surface area contributed by atoms with Gasteiger partial charge in [0, 0.05) is 14.7 Å². The van der Waals surface area contributed by atoms with Crippen molar-refractivity contribution in [1.29, 1.82) is 0 Å². The number of aromatic amines is 1. The predicted molar refractivity (Wildman–Crippen MR) is 145 cm³/mol. The molecule has 0 aromatic carbocycles. The summed E-state index contributed by atoms with van der Waals surface area (Å²) >= 11 is 5.19. The molecule has 22 heteroatoms. The monoisotopic (exact) mass is 646 g/mol. The van der Waals surface area contributed by atoms with Crippen molar-refractivity contribution in [1.82, 2.24) is 39.0 Å². The van der Waals surface area contributed by atoms with Crippen molar-refractivity contribution in [2.45, 2.75) is 43.3 Å². The van der Waals surface area contributed by atoms with Crippen LogP contribution >= 0.6 is 15.5 Å². The van der Waals surface area contributed by atoms with Gasteiger partial charge in [-0.05, 0) is 18.0 Å². The van der Waals surface area contributed by atoms with Crippen LogP contribution in [0.15, 0.2) is 23.8 Å². The van der Waals surface area contributed by atoms with E-state index >= 15 is 8.78 Å². The van der Waals surface area contributed by atoms with Gasteiger partial charge in [0.05, 0.1) is 25.4 Å². The Morgan fingerprint density at radius 2 is 1.83 bits per heavy atom. The third kappa shape index (κ3) is 4.67. The largest absolute Gasteiger partial charge is 0.382 e. The minimum atomic E-state index is -4.18. The SMILES string of the molecule is Nc1nc2c(ncn2[C@@H]2OC3OPC[C@H]4[C@@H](F)[C@H](n5cnc6c(N)ncnc65)O[C@@H]4COP(O)(=S)O[C@@H]2[C@@H]3F)c(=O)[nH]1. The molecule has 42 heavy (non-hydrogen) atoms. The molecule has 6 N–H and O–H groups in total. The lowest BCUT2D eigenvalue weighted by molar-refractivity contribution is -0.109. The molecule has 4 aromatic rings. The van der Waals surface area contributed by atoms with Crippen LogP contribution in [0.4, 0.5) is 20.5 Å². The summed E-state index contributed by atoms with van der Waals surface area (Å²) in [6.45, 7) is -4.55. The molecule has 0 aliphatic carbocycles. The Hall–Kier alpha value is -2.80. The van der Waals surface area contributed by atoms with E-state index in [2.05, 4.69) is 29.9 Å². The van der Waals surface area contributed by atoms with E-state index in [0.717, 1.165) is 0 Å². The Balaban J connectivity index is 1.17. The zero-order chi connectivity index (χ0) is 29.3. The van der Waals surface area contributed by atoms with Crippen molar-refractivity contribution in [3.8, 4) is 0 Å². The molecule has 7 rings (SSSR count). The number of imidazole rings is 2. The zero-order valence-corrected chi connectivity index (χ0v) is 23.8. The van der Waals surface area contributed by atoms with Crippen molar-refractivity contribution >= 4 is 61.4 Å².